The van der Waals surface area contributed by atoms with E-state index in [0.717, 1.165) is 16.7 Å². The number of hydrogen-bond acceptors (Lipinski definition) is 5. The molecule has 1 amide bonds. The van der Waals surface area contributed by atoms with Crippen molar-refractivity contribution < 1.29 is 14.3 Å². The molecule has 1 aromatic heterocycles. The maximum Gasteiger partial charge on any atom is 0.240 e. The summed E-state index contributed by atoms with van der Waals surface area (Å²) in [5, 5.41) is 10.6. The lowest BCUT2D eigenvalue weighted by Gasteiger charge is -2.19. The number of hydrogen-bond donors (Lipinski definition) is 2. The maximum absolute atomic E-state index is 12.8. The maximum atomic E-state index is 12.8. The molecule has 0 radical (unpaired) electrons. The Hall–Kier alpha value is -2.84. The van der Waals surface area contributed by atoms with E-state index in [1.54, 1.807) is 30.9 Å². The van der Waals surface area contributed by atoms with E-state index in [1.165, 1.54) is 0 Å². The third-order valence-corrected chi connectivity index (χ3v) is 5.34. The highest BCUT2D eigenvalue weighted by Crippen LogP contribution is 2.32. The van der Waals surface area contributed by atoms with Gasteiger partial charge >= 0.3 is 0 Å². The van der Waals surface area contributed by atoms with Crippen LogP contribution < -0.4 is 14.8 Å². The lowest BCUT2D eigenvalue weighted by molar-refractivity contribution is -0.122. The van der Waals surface area contributed by atoms with Gasteiger partial charge < -0.3 is 14.8 Å². The van der Waals surface area contributed by atoms with E-state index in [2.05, 4.69) is 15.5 Å². The first-order valence-corrected chi connectivity index (χ1v) is 10.1. The first-order valence-electron chi connectivity index (χ1n) is 9.27. The smallest absolute Gasteiger partial charge is 0.240 e. The molecular weight excluding hydrogens is 424 g/mol. The molecule has 158 valence electrons. The van der Waals surface area contributed by atoms with Gasteiger partial charge in [-0.3, -0.25) is 14.5 Å². The minimum absolute atomic E-state index is 0.0317. The third kappa shape index (κ3) is 4.66. The molecule has 0 aliphatic carbocycles. The molecule has 3 rings (SSSR count). The molecule has 0 bridgehead atoms. The van der Waals surface area contributed by atoms with Gasteiger partial charge in [0.05, 0.1) is 20.3 Å². The number of amides is 1. The summed E-state index contributed by atoms with van der Waals surface area (Å²) in [5.74, 6) is 1.64. The number of H-pyrrole nitrogens is 1. The summed E-state index contributed by atoms with van der Waals surface area (Å²) < 4.78 is 12.7. The van der Waals surface area contributed by atoms with Gasteiger partial charge in [0.1, 0.15) is 6.54 Å². The molecular formula is C21H23ClN4O3S. The zero-order valence-electron chi connectivity index (χ0n) is 17.2. The Bertz CT molecular complexity index is 1110. The van der Waals surface area contributed by atoms with Crippen molar-refractivity contribution in [2.45, 2.75) is 26.4 Å². The molecule has 9 heteroatoms. The van der Waals surface area contributed by atoms with Crippen LogP contribution in [0, 0.1) is 11.7 Å². The monoisotopic (exact) mass is 446 g/mol. The van der Waals surface area contributed by atoms with Crippen molar-refractivity contribution in [3.63, 3.8) is 0 Å². The molecule has 30 heavy (non-hydrogen) atoms. The highest BCUT2D eigenvalue weighted by atomic mass is 35.5. The topological polar surface area (TPSA) is 81.2 Å². The Balaban J connectivity index is 1.79. The van der Waals surface area contributed by atoms with Crippen molar-refractivity contribution in [3.8, 4) is 22.9 Å². The van der Waals surface area contributed by atoms with Crippen LogP contribution >= 0.6 is 23.8 Å². The molecule has 0 fully saturated rings. The molecule has 2 aromatic carbocycles. The normalized spacial score (nSPS) is 11.8. The summed E-state index contributed by atoms with van der Waals surface area (Å²) >= 11 is 11.3. The van der Waals surface area contributed by atoms with Crippen LogP contribution in [0.1, 0.15) is 24.1 Å². The van der Waals surface area contributed by atoms with Crippen LogP contribution in [0.5, 0.6) is 11.5 Å². The largest absolute Gasteiger partial charge is 0.493 e. The minimum atomic E-state index is -0.239. The second kappa shape index (κ2) is 9.32. The van der Waals surface area contributed by atoms with E-state index in [0.29, 0.717) is 27.1 Å². The number of aromatic nitrogens is 3. The Labute approximate surface area is 185 Å². The summed E-state index contributed by atoms with van der Waals surface area (Å²) in [4.78, 5) is 12.8. The zero-order chi connectivity index (χ0) is 21.8. The SMILES string of the molecule is COc1cc(C)c(C(C)NC(=O)Cn2c(-c3ccc(Cl)cc3)n[nH]c2=S)cc1OC. The molecule has 0 spiro atoms. The van der Waals surface area contributed by atoms with Crippen molar-refractivity contribution >= 4 is 29.7 Å². The number of benzene rings is 2. The van der Waals surface area contributed by atoms with Crippen molar-refractivity contribution in [2.75, 3.05) is 14.2 Å². The Morgan fingerprint density at radius 3 is 2.50 bits per heavy atom. The predicted molar refractivity (Wildman–Crippen MR) is 119 cm³/mol. The van der Waals surface area contributed by atoms with Gasteiger partial charge in [0, 0.05) is 10.6 Å². The van der Waals surface area contributed by atoms with Gasteiger partial charge in [0.25, 0.3) is 0 Å². The lowest BCUT2D eigenvalue weighted by Crippen LogP contribution is -2.30. The van der Waals surface area contributed by atoms with Crippen LogP contribution in [0.2, 0.25) is 5.02 Å². The highest BCUT2D eigenvalue weighted by Gasteiger charge is 2.18. The van der Waals surface area contributed by atoms with Gasteiger partial charge in [0.15, 0.2) is 22.1 Å². The summed E-state index contributed by atoms with van der Waals surface area (Å²) in [7, 11) is 3.17. The zero-order valence-corrected chi connectivity index (χ0v) is 18.7. The molecule has 1 atom stereocenters. The van der Waals surface area contributed by atoms with Crippen LogP contribution in [-0.2, 0) is 11.3 Å². The first-order chi connectivity index (χ1) is 14.3. The number of methoxy groups -OCH3 is 2. The molecule has 1 unspecified atom stereocenters. The Morgan fingerprint density at radius 2 is 1.87 bits per heavy atom. The molecule has 2 N–H and O–H groups in total. The third-order valence-electron chi connectivity index (χ3n) is 4.78. The van der Waals surface area contributed by atoms with Gasteiger partial charge in [-0.1, -0.05) is 11.6 Å². The van der Waals surface area contributed by atoms with Crippen molar-refractivity contribution in [1.82, 2.24) is 20.1 Å². The lowest BCUT2D eigenvalue weighted by atomic mass is 10.0. The Kier molecular flexibility index (Phi) is 6.79. The average molecular weight is 447 g/mol. The summed E-state index contributed by atoms with van der Waals surface area (Å²) in [6.07, 6.45) is 0. The van der Waals surface area contributed by atoms with E-state index >= 15 is 0 Å². The van der Waals surface area contributed by atoms with Crippen LogP contribution in [0.25, 0.3) is 11.4 Å². The van der Waals surface area contributed by atoms with Gasteiger partial charge in [0.2, 0.25) is 5.91 Å². The average Bonchev–Trinajstić information content (AvgIpc) is 3.08. The van der Waals surface area contributed by atoms with Crippen molar-refractivity contribution in [2.24, 2.45) is 0 Å². The van der Waals surface area contributed by atoms with Gasteiger partial charge in [-0.25, -0.2) is 0 Å². The van der Waals surface area contributed by atoms with Gasteiger partial charge in [-0.15, -0.1) is 0 Å². The standard InChI is InChI=1S/C21H23ClN4O3S/c1-12-9-17(28-3)18(29-4)10-16(12)13(2)23-19(27)11-26-20(24-25-21(26)30)14-5-7-15(22)8-6-14/h5-10,13H,11H2,1-4H3,(H,23,27)(H,25,30). The minimum Gasteiger partial charge on any atom is -0.493 e. The van der Waals surface area contributed by atoms with Crippen molar-refractivity contribution in [3.05, 3.63) is 57.3 Å². The molecule has 0 aliphatic heterocycles. The van der Waals surface area contributed by atoms with Gasteiger partial charge in [-0.2, -0.15) is 5.10 Å². The molecule has 0 aliphatic rings. The van der Waals surface area contributed by atoms with Crippen LogP contribution in [0.15, 0.2) is 36.4 Å². The summed E-state index contributed by atoms with van der Waals surface area (Å²) in [6, 6.07) is 10.7. The highest BCUT2D eigenvalue weighted by molar-refractivity contribution is 7.71. The second-order valence-electron chi connectivity index (χ2n) is 6.80. The van der Waals surface area contributed by atoms with Crippen molar-refractivity contribution in [1.29, 1.82) is 0 Å². The number of rotatable bonds is 7. The summed E-state index contributed by atoms with van der Waals surface area (Å²) in [6.45, 7) is 3.91. The van der Waals surface area contributed by atoms with E-state index in [-0.39, 0.29) is 18.5 Å². The molecule has 1 heterocycles. The van der Waals surface area contributed by atoms with Gasteiger partial charge in [-0.05, 0) is 73.6 Å². The number of ether oxygens (including phenoxy) is 2. The van der Waals surface area contributed by atoms with Crippen LogP contribution in [-0.4, -0.2) is 34.9 Å². The number of aromatic amines is 1. The number of carbonyl (C=O) groups excluding carboxylic acids is 1. The fraction of sp³-hybridized carbons (Fsp3) is 0.286. The Morgan fingerprint density at radius 1 is 1.23 bits per heavy atom. The molecule has 7 nitrogen and oxygen atoms in total. The number of carbonyl (C=O) groups is 1. The first kappa shape index (κ1) is 21.9. The predicted octanol–water partition coefficient (Wildman–Crippen LogP) is 4.46. The van der Waals surface area contributed by atoms with Crippen LogP contribution in [0.3, 0.4) is 0 Å². The van der Waals surface area contributed by atoms with E-state index < -0.39 is 0 Å². The second-order valence-corrected chi connectivity index (χ2v) is 7.62. The molecule has 0 saturated carbocycles. The fourth-order valence-corrected chi connectivity index (χ4v) is 3.58. The fourth-order valence-electron chi connectivity index (χ4n) is 3.26. The quantitative estimate of drug-likeness (QED) is 0.523. The number of halogens is 1. The number of nitrogens with zero attached hydrogens (tertiary/aromatic N) is 2. The molecule has 0 saturated heterocycles. The summed E-state index contributed by atoms with van der Waals surface area (Å²) in [5.41, 5.74) is 2.74. The van der Waals surface area contributed by atoms with E-state index in [1.807, 2.05) is 38.1 Å². The number of nitrogens with one attached hydrogen (secondary N) is 2. The number of aryl methyl sites for hydroxylation is 1. The van der Waals surface area contributed by atoms with Crippen LogP contribution in [0.4, 0.5) is 0 Å². The molecule has 3 aromatic rings. The van der Waals surface area contributed by atoms with E-state index in [4.69, 9.17) is 33.3 Å². The van der Waals surface area contributed by atoms with E-state index in [9.17, 15) is 4.79 Å².